The number of aryl methyl sites for hydroxylation is 1. The van der Waals surface area contributed by atoms with Gasteiger partial charge < -0.3 is 10.1 Å². The Balaban J connectivity index is 2.05. The first kappa shape index (κ1) is 19.3. The second-order valence-corrected chi connectivity index (χ2v) is 7.18. The number of carbonyl (C=O) groups is 1. The number of amides is 1. The summed E-state index contributed by atoms with van der Waals surface area (Å²) in [5, 5.41) is 3.81. The minimum absolute atomic E-state index is 0.0216. The van der Waals surface area contributed by atoms with Gasteiger partial charge in [0.1, 0.15) is 5.75 Å². The first-order chi connectivity index (χ1) is 11.9. The van der Waals surface area contributed by atoms with Gasteiger partial charge in [-0.3, -0.25) is 4.79 Å². The van der Waals surface area contributed by atoms with E-state index in [0.717, 1.165) is 17.5 Å². The van der Waals surface area contributed by atoms with Crippen molar-refractivity contribution in [2.45, 2.75) is 46.3 Å². The van der Waals surface area contributed by atoms with Crippen LogP contribution in [-0.2, 0) is 4.79 Å². The molecule has 1 N–H and O–H groups in total. The molecule has 0 aromatic heterocycles. The highest BCUT2D eigenvalue weighted by molar-refractivity contribution is 6.31. The molecule has 3 nitrogen and oxygen atoms in total. The summed E-state index contributed by atoms with van der Waals surface area (Å²) in [6, 6.07) is 15.4. The zero-order valence-electron chi connectivity index (χ0n) is 15.3. The fraction of sp³-hybridized carbons (Fsp3) is 0.381. The van der Waals surface area contributed by atoms with Crippen molar-refractivity contribution < 1.29 is 9.53 Å². The van der Waals surface area contributed by atoms with E-state index in [1.807, 2.05) is 43.3 Å². The molecule has 4 heteroatoms. The van der Waals surface area contributed by atoms with E-state index in [0.29, 0.717) is 16.7 Å². The minimum Gasteiger partial charge on any atom is -0.481 e. The third kappa shape index (κ3) is 5.79. The molecule has 0 saturated heterocycles. The summed E-state index contributed by atoms with van der Waals surface area (Å²) in [6.45, 7) is 7.97. The van der Waals surface area contributed by atoms with Crippen molar-refractivity contribution in [3.8, 4) is 5.75 Å². The Morgan fingerprint density at radius 1 is 1.12 bits per heavy atom. The maximum absolute atomic E-state index is 12.6. The van der Waals surface area contributed by atoms with Crippen molar-refractivity contribution in [1.29, 1.82) is 0 Å². The van der Waals surface area contributed by atoms with Gasteiger partial charge in [-0.25, -0.2) is 0 Å². The highest BCUT2D eigenvalue weighted by Gasteiger charge is 2.21. The van der Waals surface area contributed by atoms with Crippen LogP contribution in [0.25, 0.3) is 0 Å². The second kappa shape index (κ2) is 8.91. The summed E-state index contributed by atoms with van der Waals surface area (Å²) in [4.78, 5) is 12.6. The van der Waals surface area contributed by atoms with E-state index in [9.17, 15) is 4.79 Å². The van der Waals surface area contributed by atoms with Crippen molar-refractivity contribution >= 4 is 17.5 Å². The lowest BCUT2D eigenvalue weighted by Gasteiger charge is -2.23. The van der Waals surface area contributed by atoms with Gasteiger partial charge in [0.2, 0.25) is 0 Å². The van der Waals surface area contributed by atoms with E-state index in [4.69, 9.17) is 16.3 Å². The number of hydrogen-bond acceptors (Lipinski definition) is 2. The Labute approximate surface area is 155 Å². The lowest BCUT2D eigenvalue weighted by atomic mass is 9.97. The summed E-state index contributed by atoms with van der Waals surface area (Å²) in [6.07, 6.45) is 0.293. The number of hydrogen-bond donors (Lipinski definition) is 1. The van der Waals surface area contributed by atoms with Crippen LogP contribution in [0.4, 0.5) is 0 Å². The second-order valence-electron chi connectivity index (χ2n) is 6.77. The van der Waals surface area contributed by atoms with Crippen LogP contribution in [0.15, 0.2) is 48.5 Å². The molecule has 2 aromatic carbocycles. The summed E-state index contributed by atoms with van der Waals surface area (Å²) >= 11 is 6.03. The number of nitrogens with one attached hydrogen (secondary N) is 1. The maximum atomic E-state index is 12.6. The number of carbonyl (C=O) groups excluding carboxylic acids is 1. The average molecular weight is 360 g/mol. The smallest absolute Gasteiger partial charge is 0.261 e. The van der Waals surface area contributed by atoms with E-state index in [1.54, 1.807) is 19.1 Å². The molecule has 0 spiro atoms. The van der Waals surface area contributed by atoms with Gasteiger partial charge in [0.15, 0.2) is 6.10 Å². The van der Waals surface area contributed by atoms with Crippen LogP contribution in [0.5, 0.6) is 5.75 Å². The highest BCUT2D eigenvalue weighted by atomic mass is 35.5. The summed E-state index contributed by atoms with van der Waals surface area (Å²) in [5.74, 6) is 0.993. The molecule has 2 atom stereocenters. The number of ether oxygens (including phenoxy) is 1. The number of halogens is 1. The van der Waals surface area contributed by atoms with Gasteiger partial charge in [0.05, 0.1) is 6.04 Å². The minimum atomic E-state index is -0.584. The predicted molar refractivity (Wildman–Crippen MR) is 103 cm³/mol. The van der Waals surface area contributed by atoms with E-state index in [1.165, 1.54) is 0 Å². The predicted octanol–water partition coefficient (Wildman–Crippen LogP) is 5.32. The van der Waals surface area contributed by atoms with Crippen LogP contribution in [0.2, 0.25) is 5.02 Å². The molecule has 2 aromatic rings. The first-order valence-corrected chi connectivity index (χ1v) is 9.02. The largest absolute Gasteiger partial charge is 0.481 e. The van der Waals surface area contributed by atoms with Gasteiger partial charge in [-0.05, 0) is 55.5 Å². The molecular formula is C21H26ClNO2. The molecule has 1 amide bonds. The monoisotopic (exact) mass is 359 g/mol. The Morgan fingerprint density at radius 3 is 2.40 bits per heavy atom. The number of rotatable bonds is 7. The average Bonchev–Trinajstić information content (AvgIpc) is 2.58. The van der Waals surface area contributed by atoms with Crippen LogP contribution in [0, 0.1) is 12.8 Å². The van der Waals surface area contributed by atoms with Crippen molar-refractivity contribution in [3.63, 3.8) is 0 Å². The van der Waals surface area contributed by atoms with Crippen molar-refractivity contribution in [2.24, 2.45) is 5.92 Å². The van der Waals surface area contributed by atoms with Crippen LogP contribution in [0.3, 0.4) is 0 Å². The van der Waals surface area contributed by atoms with Gasteiger partial charge in [0, 0.05) is 5.02 Å². The summed E-state index contributed by atoms with van der Waals surface area (Å²) in [5.41, 5.74) is 2.04. The molecule has 0 fully saturated rings. The molecule has 0 heterocycles. The van der Waals surface area contributed by atoms with Gasteiger partial charge in [-0.2, -0.15) is 0 Å². The van der Waals surface area contributed by atoms with Gasteiger partial charge >= 0.3 is 0 Å². The summed E-state index contributed by atoms with van der Waals surface area (Å²) < 4.78 is 5.78. The standard InChI is InChI=1S/C21H26ClNO2/c1-14(2)12-20(17-8-6-5-7-9-17)23-21(24)16(4)25-18-10-11-19(22)15(3)13-18/h5-11,13-14,16,20H,12H2,1-4H3,(H,23,24)/t16-,20-/m1/s1. The molecule has 0 unspecified atom stereocenters. The molecule has 25 heavy (non-hydrogen) atoms. The van der Waals surface area contributed by atoms with Gasteiger partial charge in [-0.1, -0.05) is 55.8 Å². The normalized spacial score (nSPS) is 13.4. The van der Waals surface area contributed by atoms with E-state index in [-0.39, 0.29) is 11.9 Å². The van der Waals surface area contributed by atoms with Crippen LogP contribution >= 0.6 is 11.6 Å². The molecule has 134 valence electrons. The van der Waals surface area contributed by atoms with Gasteiger partial charge in [-0.15, -0.1) is 0 Å². The molecule has 0 aliphatic heterocycles. The Hall–Kier alpha value is -2.00. The molecule has 0 aliphatic rings. The third-order valence-electron chi connectivity index (χ3n) is 4.04. The van der Waals surface area contributed by atoms with Gasteiger partial charge in [0.25, 0.3) is 5.91 Å². The zero-order valence-corrected chi connectivity index (χ0v) is 16.0. The molecule has 0 aliphatic carbocycles. The zero-order chi connectivity index (χ0) is 18.4. The fourth-order valence-electron chi connectivity index (χ4n) is 2.67. The Kier molecular flexibility index (Phi) is 6.89. The number of benzene rings is 2. The fourth-order valence-corrected chi connectivity index (χ4v) is 2.79. The highest BCUT2D eigenvalue weighted by Crippen LogP contribution is 2.23. The molecule has 0 saturated carbocycles. The van der Waals surface area contributed by atoms with Crippen LogP contribution in [-0.4, -0.2) is 12.0 Å². The topological polar surface area (TPSA) is 38.3 Å². The quantitative estimate of drug-likeness (QED) is 0.726. The molecule has 2 rings (SSSR count). The van der Waals surface area contributed by atoms with Crippen LogP contribution < -0.4 is 10.1 Å². The maximum Gasteiger partial charge on any atom is 0.261 e. The van der Waals surface area contributed by atoms with E-state index < -0.39 is 6.10 Å². The lowest BCUT2D eigenvalue weighted by molar-refractivity contribution is -0.128. The van der Waals surface area contributed by atoms with E-state index >= 15 is 0 Å². The SMILES string of the molecule is Cc1cc(O[C@H](C)C(=O)N[C@H](CC(C)C)c2ccccc2)ccc1Cl. The molecule has 0 bridgehead atoms. The summed E-state index contributed by atoms with van der Waals surface area (Å²) in [7, 11) is 0. The van der Waals surface area contributed by atoms with Crippen molar-refractivity contribution in [3.05, 3.63) is 64.7 Å². The first-order valence-electron chi connectivity index (χ1n) is 8.65. The van der Waals surface area contributed by atoms with Crippen molar-refractivity contribution in [1.82, 2.24) is 5.32 Å². The Morgan fingerprint density at radius 2 is 1.80 bits per heavy atom. The molecular weight excluding hydrogens is 334 g/mol. The lowest BCUT2D eigenvalue weighted by Crippen LogP contribution is -2.39. The molecule has 0 radical (unpaired) electrons. The van der Waals surface area contributed by atoms with Crippen molar-refractivity contribution in [2.75, 3.05) is 0 Å². The van der Waals surface area contributed by atoms with Crippen LogP contribution in [0.1, 0.15) is 44.4 Å². The third-order valence-corrected chi connectivity index (χ3v) is 4.46. The Bertz CT molecular complexity index is 700. The van der Waals surface area contributed by atoms with E-state index in [2.05, 4.69) is 19.2 Å².